The van der Waals surface area contributed by atoms with Crippen LogP contribution in [-0.2, 0) is 4.74 Å². The van der Waals surface area contributed by atoms with E-state index in [0.29, 0.717) is 6.61 Å². The number of hydrogen-bond donors (Lipinski definition) is 1. The number of nitrogens with zero attached hydrogens (tertiary/aromatic N) is 2. The third-order valence-corrected chi connectivity index (χ3v) is 2.42. The van der Waals surface area contributed by atoms with Crippen molar-refractivity contribution in [1.82, 2.24) is 9.97 Å². The summed E-state index contributed by atoms with van der Waals surface area (Å²) in [6.07, 6.45) is 1.75. The van der Waals surface area contributed by atoms with Crippen molar-refractivity contribution in [3.05, 3.63) is 17.6 Å². The van der Waals surface area contributed by atoms with E-state index in [9.17, 15) is 0 Å². The Balaban J connectivity index is 2.57. The number of nitrogens with one attached hydrogen (secondary N) is 1. The molecule has 0 radical (unpaired) electrons. The average molecular weight is 223 g/mol. The molecule has 0 saturated heterocycles. The molecule has 0 aliphatic heterocycles. The minimum atomic E-state index is -0.185. The number of hydrogen-bond acceptors (Lipinski definition) is 4. The Kier molecular flexibility index (Phi) is 4.24. The van der Waals surface area contributed by atoms with E-state index in [1.165, 1.54) is 0 Å². The van der Waals surface area contributed by atoms with Crippen LogP contribution in [0, 0.1) is 13.8 Å². The standard InChI is InChI=1S/C12H21N3O/c1-6-16-12(4,5)8-14-11-7-13-9(2)10(3)15-11/h7H,6,8H2,1-5H3,(H,14,15). The molecule has 1 N–H and O–H groups in total. The first kappa shape index (κ1) is 12.9. The van der Waals surface area contributed by atoms with E-state index in [1.807, 2.05) is 20.8 Å². The smallest absolute Gasteiger partial charge is 0.144 e. The lowest BCUT2D eigenvalue weighted by Crippen LogP contribution is -2.33. The van der Waals surface area contributed by atoms with Crippen molar-refractivity contribution in [1.29, 1.82) is 0 Å². The molecule has 1 heterocycles. The van der Waals surface area contributed by atoms with Gasteiger partial charge in [0.2, 0.25) is 0 Å². The molecule has 4 nitrogen and oxygen atoms in total. The van der Waals surface area contributed by atoms with Gasteiger partial charge in [0.1, 0.15) is 5.82 Å². The molecule has 0 fully saturated rings. The van der Waals surface area contributed by atoms with Crippen LogP contribution in [0.1, 0.15) is 32.2 Å². The normalized spacial score (nSPS) is 11.6. The fourth-order valence-electron chi connectivity index (χ4n) is 1.37. The van der Waals surface area contributed by atoms with E-state index in [1.54, 1.807) is 6.20 Å². The molecule has 0 aliphatic carbocycles. The lowest BCUT2D eigenvalue weighted by molar-refractivity contribution is 0.000636. The maximum Gasteiger partial charge on any atom is 0.144 e. The van der Waals surface area contributed by atoms with Gasteiger partial charge in [-0.3, -0.25) is 4.98 Å². The van der Waals surface area contributed by atoms with Crippen molar-refractivity contribution in [2.75, 3.05) is 18.5 Å². The van der Waals surface area contributed by atoms with Gasteiger partial charge in [-0.05, 0) is 34.6 Å². The molecular weight excluding hydrogens is 202 g/mol. The molecule has 1 aromatic rings. The Morgan fingerprint density at radius 3 is 2.56 bits per heavy atom. The molecule has 0 saturated carbocycles. The summed E-state index contributed by atoms with van der Waals surface area (Å²) < 4.78 is 5.59. The van der Waals surface area contributed by atoms with E-state index in [-0.39, 0.29) is 5.60 Å². The van der Waals surface area contributed by atoms with Crippen molar-refractivity contribution in [2.45, 2.75) is 40.2 Å². The number of rotatable bonds is 5. The van der Waals surface area contributed by atoms with Gasteiger partial charge in [-0.25, -0.2) is 4.98 Å². The highest BCUT2D eigenvalue weighted by atomic mass is 16.5. The maximum atomic E-state index is 5.59. The molecule has 90 valence electrons. The molecule has 4 heteroatoms. The number of ether oxygens (including phenoxy) is 1. The van der Waals surface area contributed by atoms with Crippen LogP contribution >= 0.6 is 0 Å². The first-order chi connectivity index (χ1) is 7.44. The Bertz CT molecular complexity index is 350. The highest BCUT2D eigenvalue weighted by Crippen LogP contribution is 2.11. The van der Waals surface area contributed by atoms with E-state index in [0.717, 1.165) is 23.8 Å². The highest BCUT2D eigenvalue weighted by molar-refractivity contribution is 5.33. The van der Waals surface area contributed by atoms with Crippen LogP contribution < -0.4 is 5.32 Å². The molecule has 0 aliphatic rings. The van der Waals surface area contributed by atoms with Gasteiger partial charge in [0.15, 0.2) is 0 Å². The second-order valence-corrected chi connectivity index (χ2v) is 4.47. The lowest BCUT2D eigenvalue weighted by Gasteiger charge is -2.25. The summed E-state index contributed by atoms with van der Waals surface area (Å²) in [6.45, 7) is 11.5. The van der Waals surface area contributed by atoms with Gasteiger partial charge in [0, 0.05) is 13.2 Å². The number of aryl methyl sites for hydroxylation is 2. The zero-order chi connectivity index (χ0) is 12.2. The molecule has 0 amide bonds. The summed E-state index contributed by atoms with van der Waals surface area (Å²) in [5.41, 5.74) is 1.74. The van der Waals surface area contributed by atoms with Crippen LogP contribution in [0.25, 0.3) is 0 Å². The van der Waals surface area contributed by atoms with Gasteiger partial charge in [0.05, 0.1) is 23.2 Å². The zero-order valence-electron chi connectivity index (χ0n) is 10.8. The minimum Gasteiger partial charge on any atom is -0.374 e. The highest BCUT2D eigenvalue weighted by Gasteiger charge is 2.17. The molecule has 0 atom stereocenters. The monoisotopic (exact) mass is 223 g/mol. The van der Waals surface area contributed by atoms with Gasteiger partial charge < -0.3 is 10.1 Å². The van der Waals surface area contributed by atoms with Crippen LogP contribution in [0.15, 0.2) is 6.20 Å². The first-order valence-electron chi connectivity index (χ1n) is 5.62. The van der Waals surface area contributed by atoms with Gasteiger partial charge in [0.25, 0.3) is 0 Å². The van der Waals surface area contributed by atoms with Gasteiger partial charge in [-0.1, -0.05) is 0 Å². The summed E-state index contributed by atoms with van der Waals surface area (Å²) in [5, 5.41) is 3.24. The van der Waals surface area contributed by atoms with Crippen molar-refractivity contribution in [2.24, 2.45) is 0 Å². The van der Waals surface area contributed by atoms with Crippen molar-refractivity contribution >= 4 is 5.82 Å². The van der Waals surface area contributed by atoms with Crippen LogP contribution in [0.4, 0.5) is 5.82 Å². The van der Waals surface area contributed by atoms with Crippen molar-refractivity contribution in [3.63, 3.8) is 0 Å². The molecule has 0 aromatic carbocycles. The molecule has 16 heavy (non-hydrogen) atoms. The van der Waals surface area contributed by atoms with E-state index in [4.69, 9.17) is 4.74 Å². The fraction of sp³-hybridized carbons (Fsp3) is 0.667. The van der Waals surface area contributed by atoms with Crippen LogP contribution in [0.2, 0.25) is 0 Å². The molecule has 1 aromatic heterocycles. The fourth-order valence-corrected chi connectivity index (χ4v) is 1.37. The largest absolute Gasteiger partial charge is 0.374 e. The Hall–Kier alpha value is -1.16. The van der Waals surface area contributed by atoms with Crippen molar-refractivity contribution < 1.29 is 4.74 Å². The topological polar surface area (TPSA) is 47.0 Å². The van der Waals surface area contributed by atoms with Crippen LogP contribution in [0.5, 0.6) is 0 Å². The molecule has 0 bridgehead atoms. The van der Waals surface area contributed by atoms with E-state index in [2.05, 4.69) is 29.1 Å². The second-order valence-electron chi connectivity index (χ2n) is 4.47. The first-order valence-corrected chi connectivity index (χ1v) is 5.62. The minimum absolute atomic E-state index is 0.185. The summed E-state index contributed by atoms with van der Waals surface area (Å²) in [7, 11) is 0. The predicted octanol–water partition coefficient (Wildman–Crippen LogP) is 2.32. The third-order valence-electron chi connectivity index (χ3n) is 2.42. The summed E-state index contributed by atoms with van der Waals surface area (Å²) in [5.74, 6) is 0.802. The average Bonchev–Trinajstić information content (AvgIpc) is 2.20. The predicted molar refractivity (Wildman–Crippen MR) is 65.7 cm³/mol. The molecule has 0 unspecified atom stereocenters. The van der Waals surface area contributed by atoms with Crippen LogP contribution in [-0.4, -0.2) is 28.7 Å². The van der Waals surface area contributed by atoms with Gasteiger partial charge in [-0.15, -0.1) is 0 Å². The molecular formula is C12H21N3O. The van der Waals surface area contributed by atoms with Gasteiger partial charge >= 0.3 is 0 Å². The summed E-state index contributed by atoms with van der Waals surface area (Å²) in [6, 6.07) is 0. The van der Waals surface area contributed by atoms with Gasteiger partial charge in [-0.2, -0.15) is 0 Å². The summed E-state index contributed by atoms with van der Waals surface area (Å²) >= 11 is 0. The second kappa shape index (κ2) is 5.25. The maximum absolute atomic E-state index is 5.59. The quantitative estimate of drug-likeness (QED) is 0.832. The Labute approximate surface area is 97.5 Å². The van der Waals surface area contributed by atoms with E-state index >= 15 is 0 Å². The molecule has 1 rings (SSSR count). The number of aromatic nitrogens is 2. The summed E-state index contributed by atoms with van der Waals surface area (Å²) in [4.78, 5) is 8.67. The van der Waals surface area contributed by atoms with E-state index < -0.39 is 0 Å². The molecule has 0 spiro atoms. The zero-order valence-corrected chi connectivity index (χ0v) is 10.8. The lowest BCUT2D eigenvalue weighted by atomic mass is 10.1. The Morgan fingerprint density at radius 1 is 1.31 bits per heavy atom. The van der Waals surface area contributed by atoms with Crippen LogP contribution in [0.3, 0.4) is 0 Å². The third kappa shape index (κ3) is 3.77. The Morgan fingerprint density at radius 2 is 2.00 bits per heavy atom. The SMILES string of the molecule is CCOC(C)(C)CNc1cnc(C)c(C)n1. The number of anilines is 1. The van der Waals surface area contributed by atoms with Crippen molar-refractivity contribution in [3.8, 4) is 0 Å².